The van der Waals surface area contributed by atoms with Crippen molar-refractivity contribution in [3.63, 3.8) is 0 Å². The highest BCUT2D eigenvalue weighted by atomic mass is 35.5. The minimum Gasteiger partial charge on any atom is -0.474 e. The lowest BCUT2D eigenvalue weighted by Gasteiger charge is -2.39. The van der Waals surface area contributed by atoms with Gasteiger partial charge in [0.05, 0.1) is 41.1 Å². The SMILES string of the molecule is Cc1c(Nc2ccc(C#N)cc2Cl)ncnc1OC1CC2COCC(C1)N2. The van der Waals surface area contributed by atoms with Gasteiger partial charge < -0.3 is 20.1 Å². The third-order valence-corrected chi connectivity index (χ3v) is 5.18. The summed E-state index contributed by atoms with van der Waals surface area (Å²) in [5.41, 5.74) is 2.00. The number of benzene rings is 1. The zero-order valence-electron chi connectivity index (χ0n) is 14.9. The van der Waals surface area contributed by atoms with E-state index in [1.807, 2.05) is 6.92 Å². The van der Waals surface area contributed by atoms with Crippen molar-refractivity contribution in [3.8, 4) is 11.9 Å². The van der Waals surface area contributed by atoms with Crippen LogP contribution in [0.25, 0.3) is 0 Å². The van der Waals surface area contributed by atoms with E-state index < -0.39 is 0 Å². The molecule has 140 valence electrons. The van der Waals surface area contributed by atoms with Crippen molar-refractivity contribution in [3.05, 3.63) is 40.7 Å². The lowest BCUT2D eigenvalue weighted by atomic mass is 9.95. The van der Waals surface area contributed by atoms with Crippen LogP contribution in [0.5, 0.6) is 5.88 Å². The predicted molar refractivity (Wildman–Crippen MR) is 101 cm³/mol. The molecule has 2 aliphatic rings. The molecule has 0 radical (unpaired) electrons. The van der Waals surface area contributed by atoms with E-state index >= 15 is 0 Å². The maximum Gasteiger partial charge on any atom is 0.221 e. The van der Waals surface area contributed by atoms with Crippen LogP contribution in [0.2, 0.25) is 5.02 Å². The summed E-state index contributed by atoms with van der Waals surface area (Å²) in [5, 5.41) is 16.2. The molecule has 0 amide bonds. The van der Waals surface area contributed by atoms with Crippen LogP contribution in [-0.4, -0.2) is 41.4 Å². The first kappa shape index (κ1) is 18.0. The van der Waals surface area contributed by atoms with Crippen LogP contribution < -0.4 is 15.4 Å². The van der Waals surface area contributed by atoms with Crippen LogP contribution in [0, 0.1) is 18.3 Å². The molecule has 0 aliphatic carbocycles. The Bertz CT molecular complexity index is 873. The second-order valence-corrected chi connectivity index (χ2v) is 7.30. The molecule has 27 heavy (non-hydrogen) atoms. The number of rotatable bonds is 4. The van der Waals surface area contributed by atoms with Gasteiger partial charge in [-0.25, -0.2) is 9.97 Å². The Morgan fingerprint density at radius 1 is 1.30 bits per heavy atom. The van der Waals surface area contributed by atoms with Gasteiger partial charge in [0.15, 0.2) is 0 Å². The molecule has 2 unspecified atom stereocenters. The molecule has 0 spiro atoms. The zero-order valence-corrected chi connectivity index (χ0v) is 15.7. The fourth-order valence-electron chi connectivity index (χ4n) is 3.53. The number of nitrogens with one attached hydrogen (secondary N) is 2. The van der Waals surface area contributed by atoms with Gasteiger partial charge in [0.1, 0.15) is 18.2 Å². The van der Waals surface area contributed by atoms with Crippen LogP contribution in [-0.2, 0) is 4.74 Å². The van der Waals surface area contributed by atoms with Crippen LogP contribution in [0.3, 0.4) is 0 Å². The summed E-state index contributed by atoms with van der Waals surface area (Å²) in [6, 6.07) is 7.82. The first-order valence-corrected chi connectivity index (χ1v) is 9.29. The molecule has 1 aromatic heterocycles. The number of morpholine rings is 1. The largest absolute Gasteiger partial charge is 0.474 e. The number of anilines is 2. The Labute approximate surface area is 162 Å². The maximum absolute atomic E-state index is 8.96. The van der Waals surface area contributed by atoms with Gasteiger partial charge >= 0.3 is 0 Å². The van der Waals surface area contributed by atoms with Gasteiger partial charge in [-0.15, -0.1) is 0 Å². The smallest absolute Gasteiger partial charge is 0.221 e. The summed E-state index contributed by atoms with van der Waals surface area (Å²) in [5.74, 6) is 1.20. The molecule has 2 aliphatic heterocycles. The van der Waals surface area contributed by atoms with Gasteiger partial charge in [0.2, 0.25) is 5.88 Å². The first-order valence-electron chi connectivity index (χ1n) is 8.91. The number of piperidine rings is 1. The molecule has 8 heteroatoms. The van der Waals surface area contributed by atoms with E-state index in [1.54, 1.807) is 18.2 Å². The highest BCUT2D eigenvalue weighted by Gasteiger charge is 2.33. The number of aromatic nitrogens is 2. The van der Waals surface area contributed by atoms with E-state index in [0.29, 0.717) is 40.1 Å². The Balaban J connectivity index is 1.50. The average molecular weight is 386 g/mol. The lowest BCUT2D eigenvalue weighted by molar-refractivity contribution is -0.0134. The number of ether oxygens (including phenoxy) is 2. The minimum atomic E-state index is 0.102. The highest BCUT2D eigenvalue weighted by Crippen LogP contribution is 2.30. The number of fused-ring (bicyclic) bond motifs is 2. The molecule has 4 rings (SSSR count). The molecule has 2 saturated heterocycles. The summed E-state index contributed by atoms with van der Waals surface area (Å²) in [7, 11) is 0. The molecule has 3 heterocycles. The van der Waals surface area contributed by atoms with Crippen LogP contribution in [0.15, 0.2) is 24.5 Å². The fourth-order valence-corrected chi connectivity index (χ4v) is 3.76. The molecular formula is C19H20ClN5O2. The second kappa shape index (κ2) is 7.69. The summed E-state index contributed by atoms with van der Waals surface area (Å²) < 4.78 is 11.8. The lowest BCUT2D eigenvalue weighted by Crippen LogP contribution is -2.56. The number of nitrogens with zero attached hydrogens (tertiary/aromatic N) is 3. The van der Waals surface area contributed by atoms with Gasteiger partial charge in [-0.05, 0) is 25.1 Å². The van der Waals surface area contributed by atoms with E-state index in [0.717, 1.165) is 31.6 Å². The fraction of sp³-hybridized carbons (Fsp3) is 0.421. The van der Waals surface area contributed by atoms with E-state index in [4.69, 9.17) is 26.3 Å². The molecule has 2 fully saturated rings. The Kier molecular flexibility index (Phi) is 5.12. The zero-order chi connectivity index (χ0) is 18.8. The van der Waals surface area contributed by atoms with Crippen LogP contribution in [0.4, 0.5) is 11.5 Å². The van der Waals surface area contributed by atoms with E-state index in [9.17, 15) is 0 Å². The van der Waals surface area contributed by atoms with E-state index in [2.05, 4.69) is 26.7 Å². The number of nitriles is 1. The van der Waals surface area contributed by atoms with Gasteiger partial charge in [0, 0.05) is 24.9 Å². The van der Waals surface area contributed by atoms with Crippen molar-refractivity contribution in [2.45, 2.75) is 38.0 Å². The molecule has 2 aromatic rings. The van der Waals surface area contributed by atoms with E-state index in [1.165, 1.54) is 6.33 Å². The molecule has 2 N–H and O–H groups in total. The number of hydrogen-bond donors (Lipinski definition) is 2. The molecule has 0 saturated carbocycles. The monoisotopic (exact) mass is 385 g/mol. The number of halogens is 1. The third kappa shape index (κ3) is 3.98. The van der Waals surface area contributed by atoms with Crippen molar-refractivity contribution in [2.75, 3.05) is 18.5 Å². The van der Waals surface area contributed by atoms with Crippen molar-refractivity contribution < 1.29 is 9.47 Å². The van der Waals surface area contributed by atoms with Gasteiger partial charge in [0.25, 0.3) is 0 Å². The van der Waals surface area contributed by atoms with Gasteiger partial charge in [-0.1, -0.05) is 11.6 Å². The summed E-state index contributed by atoms with van der Waals surface area (Å²) >= 11 is 6.25. The molecule has 7 nitrogen and oxygen atoms in total. The van der Waals surface area contributed by atoms with Gasteiger partial charge in [-0.3, -0.25) is 0 Å². The molecule has 2 atom stereocenters. The second-order valence-electron chi connectivity index (χ2n) is 6.89. The quantitative estimate of drug-likeness (QED) is 0.835. The summed E-state index contributed by atoms with van der Waals surface area (Å²) in [6.45, 7) is 3.37. The Morgan fingerprint density at radius 3 is 2.78 bits per heavy atom. The molecular weight excluding hydrogens is 366 g/mol. The van der Waals surface area contributed by atoms with E-state index in [-0.39, 0.29) is 6.10 Å². The minimum absolute atomic E-state index is 0.102. The Hall–Kier alpha value is -2.40. The number of hydrogen-bond acceptors (Lipinski definition) is 7. The standard InChI is InChI=1S/C19H20ClN5O2/c1-11-18(25-17-3-2-12(7-21)4-16(17)20)22-10-23-19(11)27-15-5-13-8-26-9-14(6-15)24-13/h2-4,10,13-15,24H,5-6,8-9H2,1H3,(H,22,23,25). The summed E-state index contributed by atoms with van der Waals surface area (Å²) in [6.07, 6.45) is 3.37. The van der Waals surface area contributed by atoms with Gasteiger partial charge in [-0.2, -0.15) is 5.26 Å². The maximum atomic E-state index is 8.96. The third-order valence-electron chi connectivity index (χ3n) is 4.87. The first-order chi connectivity index (χ1) is 13.1. The van der Waals surface area contributed by atoms with Crippen molar-refractivity contribution in [1.29, 1.82) is 5.26 Å². The Morgan fingerprint density at radius 2 is 2.07 bits per heavy atom. The van der Waals surface area contributed by atoms with Crippen LogP contribution >= 0.6 is 11.6 Å². The van der Waals surface area contributed by atoms with Crippen molar-refractivity contribution in [2.24, 2.45) is 0 Å². The predicted octanol–water partition coefficient (Wildman–Crippen LogP) is 2.95. The van der Waals surface area contributed by atoms with Crippen LogP contribution in [0.1, 0.15) is 24.0 Å². The normalized spacial score (nSPS) is 24.1. The summed E-state index contributed by atoms with van der Waals surface area (Å²) in [4.78, 5) is 8.63. The van der Waals surface area contributed by atoms with Crippen molar-refractivity contribution in [1.82, 2.24) is 15.3 Å². The molecule has 2 bridgehead atoms. The molecule has 1 aromatic carbocycles. The average Bonchev–Trinajstić information content (AvgIpc) is 2.66. The van der Waals surface area contributed by atoms with Crippen molar-refractivity contribution >= 4 is 23.1 Å². The topological polar surface area (TPSA) is 92.1 Å². The highest BCUT2D eigenvalue weighted by molar-refractivity contribution is 6.33.